The third-order valence-electron chi connectivity index (χ3n) is 3.79. The lowest BCUT2D eigenvalue weighted by Gasteiger charge is -2.36. The molecule has 0 aliphatic rings. The van der Waals surface area contributed by atoms with Gasteiger partial charge in [-0.1, -0.05) is 48.5 Å². The molecule has 19 heavy (non-hydrogen) atoms. The van der Waals surface area contributed by atoms with E-state index in [0.717, 1.165) is 25.0 Å². The summed E-state index contributed by atoms with van der Waals surface area (Å²) in [6.45, 7) is 19.4. The first-order valence-electron chi connectivity index (χ1n) is 8.17. The first-order valence-corrected chi connectivity index (χ1v) is 8.17. The van der Waals surface area contributed by atoms with E-state index in [1.807, 2.05) is 0 Å². The van der Waals surface area contributed by atoms with Crippen LogP contribution in [0.4, 0.5) is 0 Å². The molecule has 0 rings (SSSR count). The van der Waals surface area contributed by atoms with Gasteiger partial charge < -0.3 is 5.73 Å². The summed E-state index contributed by atoms with van der Waals surface area (Å²) in [5.41, 5.74) is 6.39. The molecule has 0 heterocycles. The summed E-state index contributed by atoms with van der Waals surface area (Å²) in [5.74, 6) is 1.35. The molecule has 0 spiro atoms. The third kappa shape index (κ3) is 8.65. The van der Waals surface area contributed by atoms with Crippen molar-refractivity contribution in [2.24, 2.45) is 23.0 Å². The fourth-order valence-electron chi connectivity index (χ4n) is 3.07. The summed E-state index contributed by atoms with van der Waals surface area (Å²) in [7, 11) is 0. The molecular formula is C17H38N2. The maximum atomic E-state index is 6.02. The molecule has 0 aromatic rings. The van der Waals surface area contributed by atoms with Crippen molar-refractivity contribution < 1.29 is 0 Å². The molecule has 0 amide bonds. The monoisotopic (exact) mass is 270 g/mol. The molecule has 2 N–H and O–H groups in total. The van der Waals surface area contributed by atoms with E-state index in [0.29, 0.717) is 11.3 Å². The van der Waals surface area contributed by atoms with Crippen LogP contribution in [0.15, 0.2) is 0 Å². The van der Waals surface area contributed by atoms with Gasteiger partial charge in [0.15, 0.2) is 0 Å². The van der Waals surface area contributed by atoms with Crippen molar-refractivity contribution in [1.29, 1.82) is 0 Å². The molecule has 0 aromatic carbocycles. The van der Waals surface area contributed by atoms with E-state index in [4.69, 9.17) is 5.73 Å². The zero-order valence-electron chi connectivity index (χ0n) is 14.5. The molecule has 2 nitrogen and oxygen atoms in total. The first kappa shape index (κ1) is 18.9. The Morgan fingerprint density at radius 1 is 1.00 bits per heavy atom. The molecule has 0 aliphatic carbocycles. The van der Waals surface area contributed by atoms with E-state index < -0.39 is 0 Å². The summed E-state index contributed by atoms with van der Waals surface area (Å²) in [6.07, 6.45) is 3.71. The van der Waals surface area contributed by atoms with E-state index in [9.17, 15) is 0 Å². The number of nitrogens with two attached hydrogens (primary N) is 1. The predicted molar refractivity (Wildman–Crippen MR) is 87.4 cm³/mol. The fraction of sp³-hybridized carbons (Fsp3) is 1.00. The van der Waals surface area contributed by atoms with Crippen LogP contribution < -0.4 is 5.73 Å². The van der Waals surface area contributed by atoms with Crippen LogP contribution in [0.5, 0.6) is 0 Å². The second-order valence-corrected chi connectivity index (χ2v) is 7.68. The molecule has 116 valence electrons. The summed E-state index contributed by atoms with van der Waals surface area (Å²) in [5, 5.41) is 0. The van der Waals surface area contributed by atoms with Crippen LogP contribution >= 0.6 is 0 Å². The molecule has 0 aromatic heterocycles. The van der Waals surface area contributed by atoms with Crippen LogP contribution in [-0.2, 0) is 0 Å². The molecule has 0 saturated heterocycles. The van der Waals surface area contributed by atoms with E-state index >= 15 is 0 Å². The third-order valence-corrected chi connectivity index (χ3v) is 3.79. The summed E-state index contributed by atoms with van der Waals surface area (Å²) >= 11 is 0. The van der Waals surface area contributed by atoms with Crippen LogP contribution in [0.25, 0.3) is 0 Å². The number of nitrogens with zero attached hydrogens (tertiary/aromatic N) is 1. The lowest BCUT2D eigenvalue weighted by Crippen LogP contribution is -2.42. The molecule has 2 heteroatoms. The number of hydrogen-bond acceptors (Lipinski definition) is 2. The smallest absolute Gasteiger partial charge is 0.00902 e. The SMILES string of the molecule is CCC(CC)N(CC(C)C)CC(CN)CC(C)(C)C. The Balaban J connectivity index is 4.66. The van der Waals surface area contributed by atoms with Crippen LogP contribution in [0, 0.1) is 17.3 Å². The Bertz CT molecular complexity index is 214. The molecule has 0 bridgehead atoms. The van der Waals surface area contributed by atoms with E-state index in [1.54, 1.807) is 0 Å². The normalized spacial score (nSPS) is 14.7. The minimum atomic E-state index is 0.376. The van der Waals surface area contributed by atoms with Crippen molar-refractivity contribution in [3.05, 3.63) is 0 Å². The van der Waals surface area contributed by atoms with Gasteiger partial charge in [0.2, 0.25) is 0 Å². The quantitative estimate of drug-likeness (QED) is 0.682. The van der Waals surface area contributed by atoms with Crippen molar-refractivity contribution in [2.75, 3.05) is 19.6 Å². The summed E-state index contributed by atoms with van der Waals surface area (Å²) in [4.78, 5) is 2.69. The highest BCUT2D eigenvalue weighted by atomic mass is 15.2. The summed E-state index contributed by atoms with van der Waals surface area (Å²) in [6, 6.07) is 0.719. The standard InChI is InChI=1S/C17H38N2/c1-8-16(9-2)19(12-14(3)4)13-15(11-18)10-17(5,6)7/h14-16H,8-13,18H2,1-7H3. The minimum absolute atomic E-state index is 0.376. The van der Waals surface area contributed by atoms with Gasteiger partial charge >= 0.3 is 0 Å². The van der Waals surface area contributed by atoms with Crippen LogP contribution in [0.2, 0.25) is 0 Å². The molecule has 0 saturated carbocycles. The Morgan fingerprint density at radius 2 is 1.53 bits per heavy atom. The molecule has 0 aliphatic heterocycles. The first-order chi connectivity index (χ1) is 8.73. The second-order valence-electron chi connectivity index (χ2n) is 7.68. The van der Waals surface area contributed by atoms with Gasteiger partial charge in [0.05, 0.1) is 0 Å². The number of hydrogen-bond donors (Lipinski definition) is 1. The minimum Gasteiger partial charge on any atom is -0.330 e. The van der Waals surface area contributed by atoms with Gasteiger partial charge in [-0.25, -0.2) is 0 Å². The highest BCUT2D eigenvalue weighted by Crippen LogP contribution is 2.25. The van der Waals surface area contributed by atoms with Crippen LogP contribution in [-0.4, -0.2) is 30.6 Å². The van der Waals surface area contributed by atoms with Crippen LogP contribution in [0.3, 0.4) is 0 Å². The molecule has 0 radical (unpaired) electrons. The zero-order chi connectivity index (χ0) is 15.1. The fourth-order valence-corrected chi connectivity index (χ4v) is 3.07. The van der Waals surface area contributed by atoms with Crippen LogP contribution in [0.1, 0.15) is 67.7 Å². The Labute approximate surface area is 122 Å². The maximum Gasteiger partial charge on any atom is 0.00902 e. The lowest BCUT2D eigenvalue weighted by molar-refractivity contribution is 0.126. The van der Waals surface area contributed by atoms with Gasteiger partial charge in [-0.2, -0.15) is 0 Å². The Morgan fingerprint density at radius 3 is 1.84 bits per heavy atom. The van der Waals surface area contributed by atoms with E-state index in [-0.39, 0.29) is 0 Å². The summed E-state index contributed by atoms with van der Waals surface area (Å²) < 4.78 is 0. The molecule has 0 fully saturated rings. The van der Waals surface area contributed by atoms with Gasteiger partial charge in [0, 0.05) is 19.1 Å². The molecule has 1 atom stereocenters. The van der Waals surface area contributed by atoms with Gasteiger partial charge in [-0.15, -0.1) is 0 Å². The van der Waals surface area contributed by atoms with E-state index in [1.165, 1.54) is 25.8 Å². The highest BCUT2D eigenvalue weighted by molar-refractivity contribution is 4.77. The lowest BCUT2D eigenvalue weighted by atomic mass is 9.84. The Hall–Kier alpha value is -0.0800. The van der Waals surface area contributed by atoms with Gasteiger partial charge in [-0.3, -0.25) is 4.90 Å². The second kappa shape index (κ2) is 8.97. The van der Waals surface area contributed by atoms with Crippen molar-refractivity contribution in [1.82, 2.24) is 4.90 Å². The van der Waals surface area contributed by atoms with Gasteiger partial charge in [0.1, 0.15) is 0 Å². The van der Waals surface area contributed by atoms with Crippen molar-refractivity contribution >= 4 is 0 Å². The Kier molecular flexibility index (Phi) is 8.93. The highest BCUT2D eigenvalue weighted by Gasteiger charge is 2.23. The molecular weight excluding hydrogens is 232 g/mol. The number of rotatable bonds is 9. The molecule has 1 unspecified atom stereocenters. The van der Waals surface area contributed by atoms with Gasteiger partial charge in [0.25, 0.3) is 0 Å². The van der Waals surface area contributed by atoms with Crippen molar-refractivity contribution in [3.63, 3.8) is 0 Å². The predicted octanol–water partition coefficient (Wildman–Crippen LogP) is 4.14. The average molecular weight is 271 g/mol. The zero-order valence-corrected chi connectivity index (χ0v) is 14.5. The van der Waals surface area contributed by atoms with E-state index in [2.05, 4.69) is 53.4 Å². The maximum absolute atomic E-state index is 6.02. The van der Waals surface area contributed by atoms with Gasteiger partial charge in [-0.05, 0) is 43.1 Å². The largest absolute Gasteiger partial charge is 0.330 e. The van der Waals surface area contributed by atoms with Crippen molar-refractivity contribution in [2.45, 2.75) is 73.8 Å². The topological polar surface area (TPSA) is 29.3 Å². The van der Waals surface area contributed by atoms with Crippen molar-refractivity contribution in [3.8, 4) is 0 Å². The average Bonchev–Trinajstić information content (AvgIpc) is 2.26.